The van der Waals surface area contributed by atoms with Crippen LogP contribution in [0, 0.1) is 6.92 Å². The summed E-state index contributed by atoms with van der Waals surface area (Å²) in [6.45, 7) is 3.84. The van der Waals surface area contributed by atoms with Gasteiger partial charge in [-0.25, -0.2) is 8.42 Å². The lowest BCUT2D eigenvalue weighted by Crippen LogP contribution is -2.43. The van der Waals surface area contributed by atoms with Gasteiger partial charge < -0.3 is 9.26 Å². The van der Waals surface area contributed by atoms with Crippen LogP contribution in [0.2, 0.25) is 5.02 Å². The third-order valence-corrected chi connectivity index (χ3v) is 6.53. The summed E-state index contributed by atoms with van der Waals surface area (Å²) in [7, 11) is -3.85. The van der Waals surface area contributed by atoms with Crippen LogP contribution in [-0.4, -0.2) is 31.2 Å². The molecule has 146 valence electrons. The second-order valence-corrected chi connectivity index (χ2v) is 8.76. The normalized spacial score (nSPS) is 16.5. The molecule has 2 aromatic carbocycles. The average Bonchev–Trinajstić information content (AvgIpc) is 3.13. The fourth-order valence-corrected chi connectivity index (χ4v) is 4.78. The molecular formula is C19H18ClN3O4S. The smallest absolute Gasteiger partial charge is 0.264 e. The Balaban J connectivity index is 1.79. The summed E-state index contributed by atoms with van der Waals surface area (Å²) >= 11 is 6.11. The summed E-state index contributed by atoms with van der Waals surface area (Å²) in [6, 6.07) is 11.5. The summed E-state index contributed by atoms with van der Waals surface area (Å²) in [4.78, 5) is 4.30. The summed E-state index contributed by atoms with van der Waals surface area (Å²) in [6.07, 6.45) is 0.433. The van der Waals surface area contributed by atoms with E-state index in [1.165, 1.54) is 4.31 Å². The number of sulfonamides is 1. The fourth-order valence-electron chi connectivity index (χ4n) is 3.06. The minimum absolute atomic E-state index is 0.134. The minimum Gasteiger partial charge on any atom is -0.486 e. The fraction of sp³-hybridized carbons (Fsp3) is 0.263. The van der Waals surface area contributed by atoms with Crippen molar-refractivity contribution in [2.24, 2.45) is 0 Å². The number of hydrogen-bond donors (Lipinski definition) is 0. The molecule has 0 aliphatic carbocycles. The average molecular weight is 420 g/mol. The number of fused-ring (bicyclic) bond motifs is 1. The van der Waals surface area contributed by atoms with Crippen LogP contribution in [0.5, 0.6) is 5.75 Å². The standard InChI is InChI=1S/C19H18ClN3O4S/c1-3-15-11-23(17-10-14(20)7-8-18(17)26-15)28(24,25)16-6-4-5-13(9-16)19-21-12(2)27-22-19/h4-10,15H,3,11H2,1-2H3/t15-/m1/s1. The number of halogens is 1. The maximum Gasteiger partial charge on any atom is 0.264 e. The molecule has 1 aliphatic heterocycles. The molecule has 0 bridgehead atoms. The van der Waals surface area contributed by atoms with Crippen molar-refractivity contribution in [1.29, 1.82) is 0 Å². The SMILES string of the molecule is CC[C@@H]1CN(S(=O)(=O)c2cccc(-c3noc(C)n3)c2)c2cc(Cl)ccc2O1. The second kappa shape index (κ2) is 7.10. The van der Waals surface area contributed by atoms with Crippen LogP contribution in [0.3, 0.4) is 0 Å². The zero-order valence-electron chi connectivity index (χ0n) is 15.3. The van der Waals surface area contributed by atoms with Crippen molar-refractivity contribution in [1.82, 2.24) is 10.1 Å². The third kappa shape index (κ3) is 3.33. The molecule has 9 heteroatoms. The molecule has 0 saturated heterocycles. The highest BCUT2D eigenvalue weighted by Gasteiger charge is 2.34. The van der Waals surface area contributed by atoms with E-state index in [4.69, 9.17) is 20.9 Å². The number of aromatic nitrogens is 2. The van der Waals surface area contributed by atoms with Crippen molar-refractivity contribution in [3.63, 3.8) is 0 Å². The number of rotatable bonds is 4. The third-order valence-electron chi connectivity index (χ3n) is 4.52. The molecule has 0 unspecified atom stereocenters. The first-order valence-electron chi connectivity index (χ1n) is 8.78. The molecule has 3 aromatic rings. The molecule has 1 atom stereocenters. The van der Waals surface area contributed by atoms with E-state index in [2.05, 4.69) is 10.1 Å². The van der Waals surface area contributed by atoms with Gasteiger partial charge in [-0.2, -0.15) is 4.98 Å². The molecule has 0 saturated carbocycles. The molecule has 0 amide bonds. The largest absolute Gasteiger partial charge is 0.486 e. The summed E-state index contributed by atoms with van der Waals surface area (Å²) in [5, 5.41) is 4.30. The molecule has 7 nitrogen and oxygen atoms in total. The number of ether oxygens (including phenoxy) is 1. The van der Waals surface area contributed by atoms with Crippen molar-refractivity contribution in [2.45, 2.75) is 31.3 Å². The van der Waals surface area contributed by atoms with Crippen molar-refractivity contribution in [3.8, 4) is 17.1 Å². The van der Waals surface area contributed by atoms with Gasteiger partial charge in [-0.05, 0) is 36.8 Å². The molecule has 2 heterocycles. The van der Waals surface area contributed by atoms with E-state index >= 15 is 0 Å². The lowest BCUT2D eigenvalue weighted by atomic mass is 10.2. The van der Waals surface area contributed by atoms with Gasteiger partial charge in [-0.1, -0.05) is 35.8 Å². The highest BCUT2D eigenvalue weighted by molar-refractivity contribution is 7.92. The van der Waals surface area contributed by atoms with Crippen molar-refractivity contribution in [2.75, 3.05) is 10.8 Å². The molecule has 0 fully saturated rings. The second-order valence-electron chi connectivity index (χ2n) is 6.46. The zero-order chi connectivity index (χ0) is 19.9. The Bertz CT molecular complexity index is 1130. The molecule has 4 rings (SSSR count). The summed E-state index contributed by atoms with van der Waals surface area (Å²) in [5.41, 5.74) is 0.988. The van der Waals surface area contributed by atoms with Crippen LogP contribution in [0.25, 0.3) is 11.4 Å². The Hall–Kier alpha value is -2.58. The van der Waals surface area contributed by atoms with E-state index in [1.54, 1.807) is 49.4 Å². The molecule has 0 radical (unpaired) electrons. The minimum atomic E-state index is -3.85. The molecule has 28 heavy (non-hydrogen) atoms. The van der Waals surface area contributed by atoms with Crippen LogP contribution in [0.4, 0.5) is 5.69 Å². The lowest BCUT2D eigenvalue weighted by Gasteiger charge is -2.35. The van der Waals surface area contributed by atoms with Gasteiger partial charge in [0.25, 0.3) is 10.0 Å². The van der Waals surface area contributed by atoms with E-state index < -0.39 is 10.0 Å². The van der Waals surface area contributed by atoms with E-state index in [1.807, 2.05) is 6.92 Å². The van der Waals surface area contributed by atoms with E-state index in [-0.39, 0.29) is 17.5 Å². The Morgan fingerprint density at radius 1 is 1.25 bits per heavy atom. The first-order valence-corrected chi connectivity index (χ1v) is 10.6. The molecule has 0 spiro atoms. The maximum absolute atomic E-state index is 13.5. The first kappa shape index (κ1) is 18.8. The van der Waals surface area contributed by atoms with Crippen molar-refractivity contribution in [3.05, 3.63) is 53.4 Å². The quantitative estimate of drug-likeness (QED) is 0.633. The monoisotopic (exact) mass is 419 g/mol. The zero-order valence-corrected chi connectivity index (χ0v) is 16.9. The van der Waals surface area contributed by atoms with E-state index in [9.17, 15) is 8.42 Å². The molecule has 1 aromatic heterocycles. The maximum atomic E-state index is 13.5. The molecular weight excluding hydrogens is 402 g/mol. The first-order chi connectivity index (χ1) is 13.4. The topological polar surface area (TPSA) is 85.5 Å². The van der Waals surface area contributed by atoms with Gasteiger partial charge in [-0.15, -0.1) is 0 Å². The summed E-state index contributed by atoms with van der Waals surface area (Å²) < 4.78 is 39.2. The summed E-state index contributed by atoms with van der Waals surface area (Å²) in [5.74, 6) is 1.24. The molecule has 1 aliphatic rings. The number of nitrogens with zero attached hydrogens (tertiary/aromatic N) is 3. The lowest BCUT2D eigenvalue weighted by molar-refractivity contribution is 0.196. The van der Waals surface area contributed by atoms with Crippen LogP contribution in [0.15, 0.2) is 51.9 Å². The highest BCUT2D eigenvalue weighted by Crippen LogP contribution is 2.39. The van der Waals surface area contributed by atoms with E-state index in [0.29, 0.717) is 40.2 Å². The Kier molecular flexibility index (Phi) is 4.76. The van der Waals surface area contributed by atoms with Gasteiger partial charge in [0.2, 0.25) is 11.7 Å². The van der Waals surface area contributed by atoms with Crippen LogP contribution >= 0.6 is 11.6 Å². The van der Waals surface area contributed by atoms with Gasteiger partial charge in [0.1, 0.15) is 11.9 Å². The van der Waals surface area contributed by atoms with E-state index in [0.717, 1.165) is 0 Å². The Morgan fingerprint density at radius 3 is 2.79 bits per heavy atom. The Labute approximate surface area is 167 Å². The number of benzene rings is 2. The van der Waals surface area contributed by atoms with Gasteiger partial charge in [-0.3, -0.25) is 4.31 Å². The van der Waals surface area contributed by atoms with Gasteiger partial charge in [0.05, 0.1) is 17.1 Å². The number of hydrogen-bond acceptors (Lipinski definition) is 6. The van der Waals surface area contributed by atoms with Crippen LogP contribution in [0.1, 0.15) is 19.2 Å². The number of aryl methyl sites for hydroxylation is 1. The Morgan fingerprint density at radius 2 is 2.07 bits per heavy atom. The van der Waals surface area contributed by atoms with Gasteiger partial charge in [0, 0.05) is 17.5 Å². The predicted octanol–water partition coefficient (Wildman–Crippen LogP) is 4.06. The predicted molar refractivity (Wildman–Crippen MR) is 105 cm³/mol. The van der Waals surface area contributed by atoms with Crippen LogP contribution in [-0.2, 0) is 10.0 Å². The molecule has 0 N–H and O–H groups in total. The van der Waals surface area contributed by atoms with Crippen LogP contribution < -0.4 is 9.04 Å². The van der Waals surface area contributed by atoms with Gasteiger partial charge in [0.15, 0.2) is 0 Å². The number of anilines is 1. The van der Waals surface area contributed by atoms with Gasteiger partial charge >= 0.3 is 0 Å². The van der Waals surface area contributed by atoms with Crippen molar-refractivity contribution >= 4 is 27.3 Å². The van der Waals surface area contributed by atoms with Crippen molar-refractivity contribution < 1.29 is 17.7 Å². The highest BCUT2D eigenvalue weighted by atomic mass is 35.5.